The number of nitrogens with zero attached hydrogens (tertiary/aromatic N) is 1. The lowest BCUT2D eigenvalue weighted by molar-refractivity contribution is 0.0999. The Labute approximate surface area is 122 Å². The zero-order valence-corrected chi connectivity index (χ0v) is 12.7. The van der Waals surface area contributed by atoms with E-state index >= 15 is 0 Å². The maximum absolute atomic E-state index is 11.2. The molecule has 0 bridgehead atoms. The Morgan fingerprint density at radius 2 is 2.37 bits per heavy atom. The minimum absolute atomic E-state index is 0.402. The average molecular weight is 326 g/mol. The number of likely N-dealkylation sites (N-methyl/N-ethyl adjacent to an activating group) is 1. The van der Waals surface area contributed by atoms with Gasteiger partial charge in [-0.25, -0.2) is 0 Å². The van der Waals surface area contributed by atoms with Crippen molar-refractivity contribution in [3.8, 4) is 0 Å². The van der Waals surface area contributed by atoms with Gasteiger partial charge >= 0.3 is 0 Å². The molecule has 1 heterocycles. The van der Waals surface area contributed by atoms with Crippen LogP contribution < -0.4 is 16.0 Å². The van der Waals surface area contributed by atoms with Crippen molar-refractivity contribution in [2.75, 3.05) is 24.5 Å². The summed E-state index contributed by atoms with van der Waals surface area (Å²) in [5.74, 6) is -0.402. The molecule has 19 heavy (non-hydrogen) atoms. The van der Waals surface area contributed by atoms with Crippen molar-refractivity contribution in [3.63, 3.8) is 0 Å². The molecule has 1 unspecified atom stereocenters. The molecule has 1 amide bonds. The molecule has 1 saturated heterocycles. The van der Waals surface area contributed by atoms with Crippen LogP contribution in [0, 0.1) is 0 Å². The number of halogens is 1. The van der Waals surface area contributed by atoms with Gasteiger partial charge < -0.3 is 16.0 Å². The van der Waals surface area contributed by atoms with Gasteiger partial charge in [0, 0.05) is 29.3 Å². The first kappa shape index (κ1) is 14.3. The van der Waals surface area contributed by atoms with Gasteiger partial charge in [0.25, 0.3) is 0 Å². The Kier molecular flexibility index (Phi) is 4.82. The summed E-state index contributed by atoms with van der Waals surface area (Å²) in [6.45, 7) is 5.24. The number of primary amides is 1. The summed E-state index contributed by atoms with van der Waals surface area (Å²) in [6, 6.07) is 6.27. The zero-order valence-electron chi connectivity index (χ0n) is 11.2. The maximum Gasteiger partial charge on any atom is 0.249 e. The number of rotatable bonds is 4. The van der Waals surface area contributed by atoms with E-state index in [4.69, 9.17) is 5.73 Å². The summed E-state index contributed by atoms with van der Waals surface area (Å²) in [6.07, 6.45) is 2.41. The molecule has 2 rings (SSSR count). The number of anilines is 1. The SMILES string of the molecule is CCN(c1ccc(C(N)=O)c(Br)c1)C1CCCNC1. The van der Waals surface area contributed by atoms with Crippen LogP contribution in [0.15, 0.2) is 22.7 Å². The molecule has 1 atom stereocenters. The summed E-state index contributed by atoms with van der Waals surface area (Å²) in [5, 5.41) is 3.44. The fourth-order valence-electron chi connectivity index (χ4n) is 2.63. The van der Waals surface area contributed by atoms with Crippen molar-refractivity contribution in [1.82, 2.24) is 5.32 Å². The number of nitrogens with one attached hydrogen (secondary N) is 1. The van der Waals surface area contributed by atoms with Crippen molar-refractivity contribution < 1.29 is 4.79 Å². The van der Waals surface area contributed by atoms with E-state index in [0.29, 0.717) is 11.6 Å². The quantitative estimate of drug-likeness (QED) is 0.891. The molecule has 5 heteroatoms. The molecule has 1 aliphatic rings. The molecule has 1 fully saturated rings. The van der Waals surface area contributed by atoms with Crippen LogP contribution in [-0.2, 0) is 0 Å². The van der Waals surface area contributed by atoms with Gasteiger partial charge in [0.2, 0.25) is 5.91 Å². The molecule has 0 saturated carbocycles. The minimum atomic E-state index is -0.402. The number of carbonyl (C=O) groups is 1. The molecule has 1 aliphatic heterocycles. The Morgan fingerprint density at radius 3 is 2.89 bits per heavy atom. The van der Waals surface area contributed by atoms with E-state index in [1.54, 1.807) is 6.07 Å². The van der Waals surface area contributed by atoms with Crippen LogP contribution in [-0.4, -0.2) is 31.6 Å². The molecule has 0 aromatic heterocycles. The molecule has 0 radical (unpaired) electrons. The minimum Gasteiger partial charge on any atom is -0.368 e. The third-order valence-electron chi connectivity index (χ3n) is 3.60. The molecular formula is C14H20BrN3O. The lowest BCUT2D eigenvalue weighted by Gasteiger charge is -2.36. The van der Waals surface area contributed by atoms with E-state index in [-0.39, 0.29) is 0 Å². The van der Waals surface area contributed by atoms with Gasteiger partial charge in [-0.1, -0.05) is 0 Å². The molecule has 4 nitrogen and oxygen atoms in total. The van der Waals surface area contributed by atoms with Crippen molar-refractivity contribution in [2.45, 2.75) is 25.8 Å². The smallest absolute Gasteiger partial charge is 0.249 e. The first-order chi connectivity index (χ1) is 9.13. The average Bonchev–Trinajstić information content (AvgIpc) is 2.40. The Bertz CT molecular complexity index is 458. The molecule has 0 aliphatic carbocycles. The highest BCUT2D eigenvalue weighted by atomic mass is 79.9. The largest absolute Gasteiger partial charge is 0.368 e. The van der Waals surface area contributed by atoms with Crippen molar-refractivity contribution in [3.05, 3.63) is 28.2 Å². The predicted octanol–water partition coefficient (Wildman–Crippen LogP) is 2.13. The van der Waals surface area contributed by atoms with Crippen LogP contribution in [0.5, 0.6) is 0 Å². The van der Waals surface area contributed by atoms with E-state index in [1.807, 2.05) is 12.1 Å². The summed E-state index contributed by atoms with van der Waals surface area (Å²) in [7, 11) is 0. The number of piperidine rings is 1. The second-order valence-electron chi connectivity index (χ2n) is 4.81. The van der Waals surface area contributed by atoms with Gasteiger partial charge in [0.05, 0.1) is 5.56 Å². The highest BCUT2D eigenvalue weighted by Crippen LogP contribution is 2.26. The third kappa shape index (κ3) is 3.28. The zero-order chi connectivity index (χ0) is 13.8. The molecule has 104 valence electrons. The highest BCUT2D eigenvalue weighted by molar-refractivity contribution is 9.10. The monoisotopic (exact) mass is 325 g/mol. The first-order valence-electron chi connectivity index (χ1n) is 6.70. The number of hydrogen-bond acceptors (Lipinski definition) is 3. The second-order valence-corrected chi connectivity index (χ2v) is 5.67. The van der Waals surface area contributed by atoms with Crippen LogP contribution in [0.1, 0.15) is 30.1 Å². The standard InChI is InChI=1S/C14H20BrN3O/c1-2-18(11-4-3-7-17-9-11)10-5-6-12(14(16)19)13(15)8-10/h5-6,8,11,17H,2-4,7,9H2,1H3,(H2,16,19). The summed E-state index contributed by atoms with van der Waals surface area (Å²) in [5.41, 5.74) is 6.99. The third-order valence-corrected chi connectivity index (χ3v) is 4.26. The van der Waals surface area contributed by atoms with Crippen LogP contribution >= 0.6 is 15.9 Å². The lowest BCUT2D eigenvalue weighted by atomic mass is 10.0. The van der Waals surface area contributed by atoms with E-state index in [9.17, 15) is 4.79 Å². The Balaban J connectivity index is 2.23. The fourth-order valence-corrected chi connectivity index (χ4v) is 3.20. The van der Waals surface area contributed by atoms with Crippen LogP contribution in [0.2, 0.25) is 0 Å². The van der Waals surface area contributed by atoms with E-state index < -0.39 is 5.91 Å². The number of hydrogen-bond donors (Lipinski definition) is 2. The molecule has 0 spiro atoms. The normalized spacial score (nSPS) is 19.2. The summed E-state index contributed by atoms with van der Waals surface area (Å²) >= 11 is 3.43. The van der Waals surface area contributed by atoms with E-state index in [1.165, 1.54) is 12.8 Å². The Morgan fingerprint density at radius 1 is 1.58 bits per heavy atom. The summed E-state index contributed by atoms with van der Waals surface area (Å²) in [4.78, 5) is 13.6. The van der Waals surface area contributed by atoms with E-state index in [0.717, 1.165) is 29.8 Å². The number of benzene rings is 1. The molecule has 1 aromatic carbocycles. The first-order valence-corrected chi connectivity index (χ1v) is 7.49. The van der Waals surface area contributed by atoms with Gasteiger partial charge in [0.15, 0.2) is 0 Å². The number of nitrogens with two attached hydrogens (primary N) is 1. The molecule has 3 N–H and O–H groups in total. The van der Waals surface area contributed by atoms with Crippen LogP contribution in [0.25, 0.3) is 0 Å². The molecule has 1 aromatic rings. The van der Waals surface area contributed by atoms with Crippen molar-refractivity contribution >= 4 is 27.5 Å². The van der Waals surface area contributed by atoms with Crippen molar-refractivity contribution in [1.29, 1.82) is 0 Å². The summed E-state index contributed by atoms with van der Waals surface area (Å²) < 4.78 is 0.764. The van der Waals surface area contributed by atoms with Gasteiger partial charge in [0.1, 0.15) is 0 Å². The lowest BCUT2D eigenvalue weighted by Crippen LogP contribution is -2.46. The Hall–Kier alpha value is -1.07. The fraction of sp³-hybridized carbons (Fsp3) is 0.500. The van der Waals surface area contributed by atoms with Gasteiger partial charge in [-0.2, -0.15) is 0 Å². The van der Waals surface area contributed by atoms with Gasteiger partial charge in [-0.3, -0.25) is 4.79 Å². The number of carbonyl (C=O) groups excluding carboxylic acids is 1. The predicted molar refractivity (Wildman–Crippen MR) is 81.6 cm³/mol. The van der Waals surface area contributed by atoms with E-state index in [2.05, 4.69) is 33.1 Å². The van der Waals surface area contributed by atoms with Gasteiger partial charge in [-0.15, -0.1) is 0 Å². The topological polar surface area (TPSA) is 58.4 Å². The number of amides is 1. The van der Waals surface area contributed by atoms with Crippen molar-refractivity contribution in [2.24, 2.45) is 5.73 Å². The molecular weight excluding hydrogens is 306 g/mol. The van der Waals surface area contributed by atoms with Gasteiger partial charge in [-0.05, 0) is 60.4 Å². The maximum atomic E-state index is 11.2. The second kappa shape index (κ2) is 6.39. The highest BCUT2D eigenvalue weighted by Gasteiger charge is 2.20. The van der Waals surface area contributed by atoms with Crippen LogP contribution in [0.4, 0.5) is 5.69 Å². The van der Waals surface area contributed by atoms with Crippen LogP contribution in [0.3, 0.4) is 0 Å².